The first-order valence-corrected chi connectivity index (χ1v) is 10.4. The minimum Gasteiger partial charge on any atom is -0.356 e. The zero-order valence-corrected chi connectivity index (χ0v) is 18.0. The van der Waals surface area contributed by atoms with Gasteiger partial charge in [-0.1, -0.05) is 47.3 Å². The van der Waals surface area contributed by atoms with E-state index in [1.165, 1.54) is 32.1 Å². The van der Waals surface area contributed by atoms with Crippen LogP contribution >= 0.6 is 28.3 Å². The SMILES string of the molecule is Cl.O=C(CC1NCCN(Cc2cccc(Br)c2)C1=O)NCC1CCCCC1. The molecule has 1 saturated heterocycles. The van der Waals surface area contributed by atoms with Crippen molar-refractivity contribution in [2.75, 3.05) is 19.6 Å². The number of nitrogens with one attached hydrogen (secondary N) is 2. The highest BCUT2D eigenvalue weighted by atomic mass is 79.9. The molecule has 2 amide bonds. The summed E-state index contributed by atoms with van der Waals surface area (Å²) in [6, 6.07) is 7.58. The molecule has 1 atom stereocenters. The van der Waals surface area contributed by atoms with E-state index in [1.807, 2.05) is 29.2 Å². The summed E-state index contributed by atoms with van der Waals surface area (Å²) < 4.78 is 1.01. The number of hydrogen-bond acceptors (Lipinski definition) is 3. The van der Waals surface area contributed by atoms with E-state index in [1.54, 1.807) is 0 Å². The monoisotopic (exact) mass is 457 g/mol. The maximum atomic E-state index is 12.7. The lowest BCUT2D eigenvalue weighted by Crippen LogP contribution is -2.56. The lowest BCUT2D eigenvalue weighted by molar-refractivity contribution is -0.138. The van der Waals surface area contributed by atoms with Crippen LogP contribution in [0, 0.1) is 5.92 Å². The van der Waals surface area contributed by atoms with Gasteiger partial charge in [-0.3, -0.25) is 9.59 Å². The molecule has 1 saturated carbocycles. The maximum absolute atomic E-state index is 12.7. The number of piperazine rings is 1. The van der Waals surface area contributed by atoms with E-state index in [9.17, 15) is 9.59 Å². The van der Waals surface area contributed by atoms with Crippen LogP contribution < -0.4 is 10.6 Å². The average molecular weight is 459 g/mol. The number of benzene rings is 1. The molecule has 1 heterocycles. The van der Waals surface area contributed by atoms with E-state index in [2.05, 4.69) is 26.6 Å². The molecule has 0 aromatic heterocycles. The van der Waals surface area contributed by atoms with Crippen molar-refractivity contribution in [1.29, 1.82) is 0 Å². The third-order valence-corrected chi connectivity index (χ3v) is 5.84. The molecule has 1 aliphatic heterocycles. The molecule has 0 spiro atoms. The highest BCUT2D eigenvalue weighted by Gasteiger charge is 2.30. The van der Waals surface area contributed by atoms with Gasteiger partial charge in [0.15, 0.2) is 0 Å². The molecule has 7 heteroatoms. The Morgan fingerprint density at radius 3 is 2.78 bits per heavy atom. The van der Waals surface area contributed by atoms with Gasteiger partial charge >= 0.3 is 0 Å². The van der Waals surface area contributed by atoms with Crippen molar-refractivity contribution in [2.24, 2.45) is 5.92 Å². The third kappa shape index (κ3) is 6.77. The molecule has 2 aliphatic rings. The van der Waals surface area contributed by atoms with Crippen molar-refractivity contribution >= 4 is 40.2 Å². The first kappa shape index (κ1) is 22.2. The third-order valence-electron chi connectivity index (χ3n) is 5.35. The van der Waals surface area contributed by atoms with Crippen LogP contribution in [0.25, 0.3) is 0 Å². The summed E-state index contributed by atoms with van der Waals surface area (Å²) in [5.74, 6) is 0.602. The fourth-order valence-corrected chi connectivity index (χ4v) is 4.32. The van der Waals surface area contributed by atoms with Crippen LogP contribution in [0.1, 0.15) is 44.1 Å². The summed E-state index contributed by atoms with van der Waals surface area (Å²) >= 11 is 3.47. The highest BCUT2D eigenvalue weighted by molar-refractivity contribution is 9.10. The van der Waals surface area contributed by atoms with E-state index < -0.39 is 6.04 Å². The first-order valence-electron chi connectivity index (χ1n) is 9.65. The highest BCUT2D eigenvalue weighted by Crippen LogP contribution is 2.22. The van der Waals surface area contributed by atoms with Crippen LogP contribution in [-0.4, -0.2) is 42.4 Å². The van der Waals surface area contributed by atoms with Gasteiger partial charge < -0.3 is 15.5 Å². The van der Waals surface area contributed by atoms with Gasteiger partial charge in [-0.25, -0.2) is 0 Å². The van der Waals surface area contributed by atoms with Gasteiger partial charge in [-0.05, 0) is 36.5 Å². The standard InChI is InChI=1S/C20H28BrN3O2.ClH/c21-17-8-4-7-16(11-17)14-24-10-9-22-18(20(24)26)12-19(25)23-13-15-5-2-1-3-6-15;/h4,7-8,11,15,18,22H,1-3,5-6,9-10,12-14H2,(H,23,25);1H. The summed E-state index contributed by atoms with van der Waals surface area (Å²) in [4.78, 5) is 26.9. The van der Waals surface area contributed by atoms with Crippen molar-refractivity contribution in [3.05, 3.63) is 34.3 Å². The molecule has 27 heavy (non-hydrogen) atoms. The Hall–Kier alpha value is -1.11. The molecule has 5 nitrogen and oxygen atoms in total. The van der Waals surface area contributed by atoms with Gasteiger partial charge in [0.2, 0.25) is 11.8 Å². The van der Waals surface area contributed by atoms with Crippen molar-refractivity contribution in [3.63, 3.8) is 0 Å². The second-order valence-electron chi connectivity index (χ2n) is 7.41. The minimum absolute atomic E-state index is 0. The van der Waals surface area contributed by atoms with Crippen LogP contribution in [0.4, 0.5) is 0 Å². The van der Waals surface area contributed by atoms with Crippen LogP contribution in [0.15, 0.2) is 28.7 Å². The van der Waals surface area contributed by atoms with Crippen LogP contribution in [0.5, 0.6) is 0 Å². The molecule has 2 N–H and O–H groups in total. The van der Waals surface area contributed by atoms with Gasteiger partial charge in [-0.2, -0.15) is 0 Å². The molecular formula is C20H29BrClN3O2. The molecule has 1 aromatic rings. The Labute approximate surface area is 176 Å². The van der Waals surface area contributed by atoms with E-state index in [0.717, 1.165) is 23.1 Å². The molecule has 0 bridgehead atoms. The normalized spacial score (nSPS) is 20.9. The van der Waals surface area contributed by atoms with E-state index in [4.69, 9.17) is 0 Å². The van der Waals surface area contributed by atoms with E-state index >= 15 is 0 Å². The summed E-state index contributed by atoms with van der Waals surface area (Å²) in [6.07, 6.45) is 6.50. The van der Waals surface area contributed by atoms with Gasteiger partial charge in [0, 0.05) is 30.7 Å². The average Bonchev–Trinajstić information content (AvgIpc) is 2.64. The number of amides is 2. The van der Waals surface area contributed by atoms with Crippen LogP contribution in [0.3, 0.4) is 0 Å². The van der Waals surface area contributed by atoms with E-state index in [0.29, 0.717) is 19.0 Å². The molecular weight excluding hydrogens is 430 g/mol. The molecule has 150 valence electrons. The Bertz CT molecular complexity index is 637. The molecule has 1 aliphatic carbocycles. The fraction of sp³-hybridized carbons (Fsp3) is 0.600. The van der Waals surface area contributed by atoms with Gasteiger partial charge in [-0.15, -0.1) is 12.4 Å². The topological polar surface area (TPSA) is 61.4 Å². The molecule has 0 radical (unpaired) electrons. The number of halogens is 2. The molecule has 2 fully saturated rings. The number of carbonyl (C=O) groups excluding carboxylic acids is 2. The summed E-state index contributed by atoms with van der Waals surface area (Å²) in [5, 5.41) is 6.24. The Balaban J connectivity index is 0.00000261. The first-order chi connectivity index (χ1) is 12.6. The second-order valence-corrected chi connectivity index (χ2v) is 8.32. The lowest BCUT2D eigenvalue weighted by Gasteiger charge is -2.33. The van der Waals surface area contributed by atoms with E-state index in [-0.39, 0.29) is 30.6 Å². The Morgan fingerprint density at radius 1 is 1.26 bits per heavy atom. The molecule has 1 unspecified atom stereocenters. The number of rotatable bonds is 6. The van der Waals surface area contributed by atoms with Crippen molar-refractivity contribution in [2.45, 2.75) is 51.1 Å². The second kappa shape index (κ2) is 11.0. The maximum Gasteiger partial charge on any atom is 0.240 e. The van der Waals surface area contributed by atoms with Gasteiger partial charge in [0.1, 0.15) is 0 Å². The predicted octanol–water partition coefficient (Wildman–Crippen LogP) is 3.26. The minimum atomic E-state index is -0.415. The summed E-state index contributed by atoms with van der Waals surface area (Å²) in [7, 11) is 0. The summed E-state index contributed by atoms with van der Waals surface area (Å²) in [5.41, 5.74) is 1.09. The van der Waals surface area contributed by atoms with Crippen molar-refractivity contribution in [3.8, 4) is 0 Å². The zero-order chi connectivity index (χ0) is 18.4. The van der Waals surface area contributed by atoms with Crippen molar-refractivity contribution in [1.82, 2.24) is 15.5 Å². The Kier molecular flexibility index (Phi) is 9.06. The Morgan fingerprint density at radius 2 is 2.04 bits per heavy atom. The number of hydrogen-bond donors (Lipinski definition) is 2. The smallest absolute Gasteiger partial charge is 0.240 e. The summed E-state index contributed by atoms with van der Waals surface area (Å²) in [6.45, 7) is 2.73. The van der Waals surface area contributed by atoms with Gasteiger partial charge in [0.25, 0.3) is 0 Å². The fourth-order valence-electron chi connectivity index (χ4n) is 3.87. The largest absolute Gasteiger partial charge is 0.356 e. The number of nitrogens with zero attached hydrogens (tertiary/aromatic N) is 1. The zero-order valence-electron chi connectivity index (χ0n) is 15.6. The quantitative estimate of drug-likeness (QED) is 0.688. The van der Waals surface area contributed by atoms with Crippen molar-refractivity contribution < 1.29 is 9.59 Å². The molecule has 3 rings (SSSR count). The predicted molar refractivity (Wildman–Crippen MR) is 113 cm³/mol. The van der Waals surface area contributed by atoms with Gasteiger partial charge in [0.05, 0.1) is 12.5 Å². The van der Waals surface area contributed by atoms with Crippen LogP contribution in [0.2, 0.25) is 0 Å². The lowest BCUT2D eigenvalue weighted by atomic mass is 9.89. The number of carbonyl (C=O) groups is 2. The molecule has 1 aromatic carbocycles. The van der Waals surface area contributed by atoms with Crippen LogP contribution in [-0.2, 0) is 16.1 Å².